The summed E-state index contributed by atoms with van der Waals surface area (Å²) in [6, 6.07) is 13.1. The summed E-state index contributed by atoms with van der Waals surface area (Å²) in [5.74, 6) is 0.221. The molecule has 0 fully saturated rings. The molecular formula is C28H31N4O6P. The van der Waals surface area contributed by atoms with Crippen LogP contribution in [0.2, 0.25) is 0 Å². The van der Waals surface area contributed by atoms with E-state index in [1.54, 1.807) is 57.0 Å². The molecule has 3 heterocycles. The molecule has 39 heavy (non-hydrogen) atoms. The number of phosphoric acid groups is 1. The van der Waals surface area contributed by atoms with Gasteiger partial charge in [0.15, 0.2) is 0 Å². The van der Waals surface area contributed by atoms with Gasteiger partial charge in [-0.2, -0.15) is 0 Å². The second kappa shape index (κ2) is 11.1. The molecule has 0 radical (unpaired) electrons. The molecule has 0 aliphatic rings. The first-order chi connectivity index (χ1) is 18.4. The van der Waals surface area contributed by atoms with Crippen molar-refractivity contribution >= 4 is 30.5 Å². The summed E-state index contributed by atoms with van der Waals surface area (Å²) in [6.45, 7) is 8.30. The number of nitrogens with zero attached hydrogens (tertiary/aromatic N) is 4. The Morgan fingerprint density at radius 1 is 1.15 bits per heavy atom. The van der Waals surface area contributed by atoms with Crippen LogP contribution in [-0.4, -0.2) is 45.1 Å². The van der Waals surface area contributed by atoms with Crippen molar-refractivity contribution < 1.29 is 28.0 Å². The molecule has 4 rings (SSSR count). The first kappa shape index (κ1) is 28.2. The Balaban J connectivity index is 1.79. The number of methoxy groups -OCH3 is 1. The number of rotatable bonds is 9. The molecule has 1 unspecified atom stereocenters. The Kier molecular flexibility index (Phi) is 8.04. The molecular weight excluding hydrogens is 519 g/mol. The van der Waals surface area contributed by atoms with Crippen molar-refractivity contribution in [3.63, 3.8) is 0 Å². The number of likely N-dealkylation sites (N-methyl/N-ethyl adjacent to an activating group) is 1. The van der Waals surface area contributed by atoms with Gasteiger partial charge in [0, 0.05) is 53.9 Å². The molecule has 0 spiro atoms. The zero-order valence-corrected chi connectivity index (χ0v) is 23.4. The maximum Gasteiger partial charge on any atom is 0.474 e. The highest BCUT2D eigenvalue weighted by Gasteiger charge is 2.29. The molecule has 11 heteroatoms. The zero-order chi connectivity index (χ0) is 28.4. The zero-order valence-electron chi connectivity index (χ0n) is 22.5. The maximum atomic E-state index is 12.5. The molecule has 1 atom stereocenters. The molecule has 0 aliphatic carbocycles. The fraction of sp³-hybridized carbons (Fsp3) is 0.250. The van der Waals surface area contributed by atoms with Crippen LogP contribution < -0.4 is 9.64 Å². The summed E-state index contributed by atoms with van der Waals surface area (Å²) in [6.07, 6.45) is 6.40. The van der Waals surface area contributed by atoms with Crippen LogP contribution in [0.1, 0.15) is 20.8 Å². The fourth-order valence-corrected chi connectivity index (χ4v) is 5.03. The van der Waals surface area contributed by atoms with Gasteiger partial charge in [-0.3, -0.25) is 13.8 Å². The molecule has 204 valence electrons. The van der Waals surface area contributed by atoms with Gasteiger partial charge in [-0.15, -0.1) is 0 Å². The van der Waals surface area contributed by atoms with Gasteiger partial charge in [0.25, 0.3) is 0 Å². The number of ether oxygens (including phenoxy) is 1. The number of pyridine rings is 2. The molecule has 3 aromatic heterocycles. The molecule has 0 saturated heterocycles. The third-order valence-electron chi connectivity index (χ3n) is 5.79. The van der Waals surface area contributed by atoms with Crippen molar-refractivity contribution in [3.8, 4) is 28.1 Å². The number of carbonyl (C=O) groups excluding carboxylic acids is 1. The van der Waals surface area contributed by atoms with Crippen LogP contribution in [0.15, 0.2) is 73.7 Å². The molecule has 1 N–H and O–H groups in total. The largest absolute Gasteiger partial charge is 0.481 e. The van der Waals surface area contributed by atoms with Crippen LogP contribution in [0.25, 0.3) is 33.3 Å². The Morgan fingerprint density at radius 3 is 2.62 bits per heavy atom. The highest BCUT2D eigenvalue weighted by molar-refractivity contribution is 7.47. The molecule has 0 aliphatic heterocycles. The van der Waals surface area contributed by atoms with Crippen LogP contribution in [0.5, 0.6) is 5.88 Å². The topological polar surface area (TPSA) is 116 Å². The number of amides is 1. The van der Waals surface area contributed by atoms with Crippen molar-refractivity contribution in [2.24, 2.45) is 0 Å². The van der Waals surface area contributed by atoms with Crippen LogP contribution >= 0.6 is 7.82 Å². The number of benzene rings is 1. The van der Waals surface area contributed by atoms with Crippen molar-refractivity contribution in [2.75, 3.05) is 19.1 Å². The number of hydrogen-bond donors (Lipinski definition) is 1. The fourth-order valence-electron chi connectivity index (χ4n) is 4.01. The summed E-state index contributed by atoms with van der Waals surface area (Å²) >= 11 is 0. The van der Waals surface area contributed by atoms with Gasteiger partial charge in [-0.05, 0) is 62.2 Å². The van der Waals surface area contributed by atoms with Crippen LogP contribution in [-0.2, 0) is 25.1 Å². The smallest absolute Gasteiger partial charge is 0.474 e. The van der Waals surface area contributed by atoms with Crippen molar-refractivity contribution in [1.82, 2.24) is 14.5 Å². The van der Waals surface area contributed by atoms with E-state index in [2.05, 4.69) is 16.5 Å². The van der Waals surface area contributed by atoms with Gasteiger partial charge in [0.05, 0.1) is 12.7 Å². The van der Waals surface area contributed by atoms with Gasteiger partial charge < -0.3 is 19.1 Å². The van der Waals surface area contributed by atoms with E-state index in [1.165, 1.54) is 18.1 Å². The number of carbonyl (C=O) groups is 1. The molecule has 4 aromatic rings. The van der Waals surface area contributed by atoms with Gasteiger partial charge in [-0.25, -0.2) is 14.5 Å². The average molecular weight is 551 g/mol. The average Bonchev–Trinajstić information content (AvgIpc) is 3.28. The van der Waals surface area contributed by atoms with E-state index in [4.69, 9.17) is 13.8 Å². The minimum atomic E-state index is -4.33. The summed E-state index contributed by atoms with van der Waals surface area (Å²) in [4.78, 5) is 32.7. The minimum absolute atomic E-state index is 0.219. The third-order valence-corrected chi connectivity index (χ3v) is 7.01. The lowest BCUT2D eigenvalue weighted by atomic mass is 10.0. The Bertz CT molecular complexity index is 1580. The molecule has 0 bridgehead atoms. The van der Waals surface area contributed by atoms with Gasteiger partial charge in [0.2, 0.25) is 11.8 Å². The van der Waals surface area contributed by atoms with E-state index >= 15 is 0 Å². The summed E-state index contributed by atoms with van der Waals surface area (Å²) in [7, 11) is -1.11. The van der Waals surface area contributed by atoms with E-state index in [-0.39, 0.29) is 12.6 Å². The lowest BCUT2D eigenvalue weighted by Crippen LogP contribution is -2.23. The first-order valence-electron chi connectivity index (χ1n) is 12.1. The molecule has 10 nitrogen and oxygen atoms in total. The number of anilines is 1. The maximum absolute atomic E-state index is 12.5. The van der Waals surface area contributed by atoms with Crippen LogP contribution in [0, 0.1) is 0 Å². The Hall–Kier alpha value is -3.82. The lowest BCUT2D eigenvalue weighted by molar-refractivity contribution is -0.113. The van der Waals surface area contributed by atoms with Gasteiger partial charge in [-0.1, -0.05) is 18.7 Å². The normalized spacial score (nSPS) is 13.2. The van der Waals surface area contributed by atoms with E-state index in [9.17, 15) is 14.3 Å². The summed E-state index contributed by atoms with van der Waals surface area (Å²) in [5.41, 5.74) is 3.65. The standard InChI is InChI=1S/C28H31N4O6P/c1-7-26(33)31(5)22-10-8-9-19(13-22)21-14-23-24(20-11-12-29-25(15-20)36-6)17-32(27(23)30-16-21)18-37-39(34,35)38-28(2,3)4/h7-17H,1,18H2,2-6H3,(H,34,35). The van der Waals surface area contributed by atoms with Crippen molar-refractivity contribution in [2.45, 2.75) is 33.1 Å². The predicted molar refractivity (Wildman–Crippen MR) is 150 cm³/mol. The summed E-state index contributed by atoms with van der Waals surface area (Å²) < 4.78 is 30.0. The second-order valence-corrected chi connectivity index (χ2v) is 11.2. The molecule has 1 aromatic carbocycles. The van der Waals surface area contributed by atoms with Crippen LogP contribution in [0.4, 0.5) is 5.69 Å². The van der Waals surface area contributed by atoms with Crippen LogP contribution in [0.3, 0.4) is 0 Å². The van der Waals surface area contributed by atoms with Crippen molar-refractivity contribution in [3.05, 3.63) is 73.7 Å². The number of phosphoric ester groups is 1. The summed E-state index contributed by atoms with van der Waals surface area (Å²) in [5, 5.41) is 0.773. The molecule has 0 saturated carbocycles. The third kappa shape index (κ3) is 6.61. The minimum Gasteiger partial charge on any atom is -0.481 e. The van der Waals surface area contributed by atoms with Gasteiger partial charge >= 0.3 is 7.82 Å². The Morgan fingerprint density at radius 2 is 1.92 bits per heavy atom. The van der Waals surface area contributed by atoms with E-state index < -0.39 is 13.4 Å². The highest BCUT2D eigenvalue weighted by Crippen LogP contribution is 2.48. The lowest BCUT2D eigenvalue weighted by Gasteiger charge is -2.22. The molecule has 1 amide bonds. The van der Waals surface area contributed by atoms with E-state index in [1.807, 2.05) is 36.4 Å². The van der Waals surface area contributed by atoms with Crippen molar-refractivity contribution in [1.29, 1.82) is 0 Å². The first-order valence-corrected chi connectivity index (χ1v) is 13.6. The van der Waals surface area contributed by atoms with Gasteiger partial charge in [0.1, 0.15) is 12.4 Å². The number of aromatic nitrogens is 3. The monoisotopic (exact) mass is 550 g/mol. The van der Waals surface area contributed by atoms with E-state index in [0.717, 1.165) is 27.6 Å². The number of fused-ring (bicyclic) bond motifs is 1. The second-order valence-electron chi connectivity index (χ2n) is 9.78. The SMILES string of the molecule is C=CC(=O)N(C)c1cccc(-c2cnc3c(c2)c(-c2ccnc(OC)c2)cn3COP(=O)(O)OC(C)(C)C)c1. The van der Waals surface area contributed by atoms with E-state index in [0.29, 0.717) is 17.2 Å². The number of hydrogen-bond acceptors (Lipinski definition) is 7. The predicted octanol–water partition coefficient (Wildman–Crippen LogP) is 5.81. The quantitative estimate of drug-likeness (QED) is 0.205. The highest BCUT2D eigenvalue weighted by atomic mass is 31.2. The Labute approximate surface area is 227 Å².